The molecule has 1 fully saturated rings. The third-order valence-corrected chi connectivity index (χ3v) is 4.48. The summed E-state index contributed by atoms with van der Waals surface area (Å²) in [5.74, 6) is -0.690. The number of hydrogen-bond donors (Lipinski definition) is 0. The van der Waals surface area contributed by atoms with Gasteiger partial charge in [0, 0.05) is 12.1 Å². The van der Waals surface area contributed by atoms with Gasteiger partial charge in [-0.15, -0.1) is 10.2 Å². The van der Waals surface area contributed by atoms with Gasteiger partial charge in [-0.05, 0) is 38.0 Å². The second-order valence-electron chi connectivity index (χ2n) is 5.75. The molecule has 2 aromatic rings. The van der Waals surface area contributed by atoms with Gasteiger partial charge in [0.25, 0.3) is 0 Å². The highest BCUT2D eigenvalue weighted by Crippen LogP contribution is 2.40. The smallest absolute Gasteiger partial charge is 0.246 e. The molecule has 114 valence electrons. The fourth-order valence-electron chi connectivity index (χ4n) is 3.39. The largest absolute Gasteiger partial charge is 0.331 e. The topological polar surface area (TPSA) is 51.0 Å². The predicted molar refractivity (Wildman–Crippen MR) is 73.8 cm³/mol. The average Bonchev–Trinajstić information content (AvgIpc) is 3.13. The van der Waals surface area contributed by atoms with Crippen LogP contribution in [0.2, 0.25) is 0 Å². The van der Waals surface area contributed by atoms with Crippen molar-refractivity contribution in [1.29, 1.82) is 0 Å². The molecule has 0 aliphatic carbocycles. The Hall–Kier alpha value is -2.31. The molecule has 7 heteroatoms. The number of hydrogen-bond acceptors (Lipinski definition) is 3. The van der Waals surface area contributed by atoms with Gasteiger partial charge >= 0.3 is 0 Å². The van der Waals surface area contributed by atoms with Crippen molar-refractivity contribution in [2.24, 2.45) is 0 Å². The van der Waals surface area contributed by atoms with Gasteiger partial charge in [-0.3, -0.25) is 9.36 Å². The highest BCUT2D eigenvalue weighted by molar-refractivity contribution is 5.83. The molecule has 0 spiro atoms. The van der Waals surface area contributed by atoms with Crippen molar-refractivity contribution in [1.82, 2.24) is 19.7 Å². The number of nitrogens with zero attached hydrogens (tertiary/aromatic N) is 4. The van der Waals surface area contributed by atoms with Gasteiger partial charge in [0.15, 0.2) is 23.3 Å². The lowest BCUT2D eigenvalue weighted by Gasteiger charge is -2.34. The minimum absolute atomic E-state index is 0.0265. The molecule has 2 aliphatic rings. The van der Waals surface area contributed by atoms with Crippen LogP contribution in [-0.2, 0) is 4.79 Å². The molecule has 3 heterocycles. The third kappa shape index (κ3) is 1.71. The minimum Gasteiger partial charge on any atom is -0.331 e. The average molecular weight is 304 g/mol. The number of halogens is 2. The van der Waals surface area contributed by atoms with Crippen LogP contribution in [0.5, 0.6) is 0 Å². The quantitative estimate of drug-likeness (QED) is 0.813. The van der Waals surface area contributed by atoms with Crippen LogP contribution < -0.4 is 0 Å². The molecule has 0 saturated carbocycles. The maximum atomic E-state index is 13.5. The molecular formula is C15H14F2N4O. The summed E-state index contributed by atoms with van der Waals surface area (Å²) >= 11 is 0. The van der Waals surface area contributed by atoms with Crippen LogP contribution in [0.1, 0.15) is 37.7 Å². The maximum absolute atomic E-state index is 13.5. The van der Waals surface area contributed by atoms with E-state index in [2.05, 4.69) is 10.2 Å². The van der Waals surface area contributed by atoms with Gasteiger partial charge in [-0.25, -0.2) is 8.78 Å². The van der Waals surface area contributed by atoms with E-state index in [0.717, 1.165) is 37.3 Å². The summed E-state index contributed by atoms with van der Waals surface area (Å²) < 4.78 is 28.4. The highest BCUT2D eigenvalue weighted by Gasteiger charge is 2.42. The molecule has 1 saturated heterocycles. The molecule has 0 bridgehead atoms. The zero-order chi connectivity index (χ0) is 15.4. The van der Waals surface area contributed by atoms with E-state index in [9.17, 15) is 13.6 Å². The van der Waals surface area contributed by atoms with Crippen molar-refractivity contribution >= 4 is 5.91 Å². The van der Waals surface area contributed by atoms with E-state index in [1.54, 1.807) is 11.5 Å². The van der Waals surface area contributed by atoms with Crippen LogP contribution in [0, 0.1) is 11.6 Å². The summed E-state index contributed by atoms with van der Waals surface area (Å²) in [7, 11) is 0. The standard InChI is InChI=1S/C15H14F2N4O/c1-8-15(22)20-6-2-3-12(20)14-19-18-13(21(8)14)9-4-5-10(16)11(17)7-9/h4-5,7-8,12H,2-3,6H2,1H3/t8-,12+/m0/s1. The first-order valence-electron chi connectivity index (χ1n) is 7.28. The predicted octanol–water partition coefficient (Wildman–Crippen LogP) is 2.46. The van der Waals surface area contributed by atoms with E-state index < -0.39 is 17.7 Å². The number of benzene rings is 1. The Morgan fingerprint density at radius 2 is 2.05 bits per heavy atom. The van der Waals surface area contributed by atoms with Crippen LogP contribution in [0.25, 0.3) is 11.4 Å². The van der Waals surface area contributed by atoms with E-state index in [-0.39, 0.29) is 11.9 Å². The number of amides is 1. The number of carbonyl (C=O) groups is 1. The van der Waals surface area contributed by atoms with E-state index in [1.165, 1.54) is 6.07 Å². The Balaban J connectivity index is 1.87. The number of aromatic nitrogens is 3. The maximum Gasteiger partial charge on any atom is 0.246 e. The normalized spacial score (nSPS) is 23.6. The molecule has 5 nitrogen and oxygen atoms in total. The molecule has 0 N–H and O–H groups in total. The zero-order valence-corrected chi connectivity index (χ0v) is 12.0. The van der Waals surface area contributed by atoms with Crippen LogP contribution in [0.4, 0.5) is 8.78 Å². The molecule has 2 atom stereocenters. The summed E-state index contributed by atoms with van der Waals surface area (Å²) in [5, 5.41) is 8.34. The molecule has 1 aromatic carbocycles. The van der Waals surface area contributed by atoms with Crippen molar-refractivity contribution in [3.8, 4) is 11.4 Å². The van der Waals surface area contributed by atoms with Crippen LogP contribution in [0.3, 0.4) is 0 Å². The second-order valence-corrected chi connectivity index (χ2v) is 5.75. The van der Waals surface area contributed by atoms with E-state index >= 15 is 0 Å². The van der Waals surface area contributed by atoms with Crippen molar-refractivity contribution in [3.05, 3.63) is 35.7 Å². The van der Waals surface area contributed by atoms with E-state index in [0.29, 0.717) is 11.4 Å². The number of carbonyl (C=O) groups excluding carboxylic acids is 1. The van der Waals surface area contributed by atoms with Crippen LogP contribution >= 0.6 is 0 Å². The van der Waals surface area contributed by atoms with Gasteiger partial charge < -0.3 is 4.90 Å². The lowest BCUT2D eigenvalue weighted by Crippen LogP contribution is -2.42. The Morgan fingerprint density at radius 1 is 1.23 bits per heavy atom. The van der Waals surface area contributed by atoms with Crippen LogP contribution in [0.15, 0.2) is 18.2 Å². The van der Waals surface area contributed by atoms with Gasteiger partial charge in [0.1, 0.15) is 6.04 Å². The van der Waals surface area contributed by atoms with Crippen LogP contribution in [-0.4, -0.2) is 32.1 Å². The lowest BCUT2D eigenvalue weighted by atomic mass is 10.1. The van der Waals surface area contributed by atoms with E-state index in [4.69, 9.17) is 0 Å². The fourth-order valence-corrected chi connectivity index (χ4v) is 3.39. The molecule has 4 rings (SSSR count). The molecular weight excluding hydrogens is 290 g/mol. The molecule has 22 heavy (non-hydrogen) atoms. The Kier molecular flexibility index (Phi) is 2.79. The fraction of sp³-hybridized carbons (Fsp3) is 0.400. The monoisotopic (exact) mass is 304 g/mol. The van der Waals surface area contributed by atoms with Gasteiger partial charge in [0.05, 0.1) is 6.04 Å². The summed E-state index contributed by atoms with van der Waals surface area (Å²) in [6.45, 7) is 2.52. The van der Waals surface area contributed by atoms with Crippen molar-refractivity contribution in [2.45, 2.75) is 31.8 Å². The first-order valence-corrected chi connectivity index (χ1v) is 7.28. The minimum atomic E-state index is -0.938. The van der Waals surface area contributed by atoms with Crippen molar-refractivity contribution < 1.29 is 13.6 Å². The zero-order valence-electron chi connectivity index (χ0n) is 12.0. The highest BCUT2D eigenvalue weighted by atomic mass is 19.2. The van der Waals surface area contributed by atoms with Gasteiger partial charge in [-0.2, -0.15) is 0 Å². The first-order chi connectivity index (χ1) is 10.6. The Bertz CT molecular complexity index is 773. The summed E-state index contributed by atoms with van der Waals surface area (Å²) in [5.41, 5.74) is 0.420. The molecule has 2 aliphatic heterocycles. The van der Waals surface area contributed by atoms with Crippen molar-refractivity contribution in [2.75, 3.05) is 6.54 Å². The third-order valence-electron chi connectivity index (χ3n) is 4.48. The second kappa shape index (κ2) is 4.59. The van der Waals surface area contributed by atoms with Gasteiger partial charge in [0.2, 0.25) is 5.91 Å². The molecule has 0 unspecified atom stereocenters. The number of fused-ring (bicyclic) bond motifs is 3. The Morgan fingerprint density at radius 3 is 2.82 bits per heavy atom. The number of rotatable bonds is 1. The summed E-state index contributed by atoms with van der Waals surface area (Å²) in [6, 6.07) is 3.10. The first kappa shape index (κ1) is 13.4. The Labute approximate surface area is 125 Å². The molecule has 1 aromatic heterocycles. The lowest BCUT2D eigenvalue weighted by molar-refractivity contribution is -0.137. The molecule has 1 amide bonds. The molecule has 0 radical (unpaired) electrons. The summed E-state index contributed by atoms with van der Waals surface area (Å²) in [6.07, 6.45) is 1.80. The van der Waals surface area contributed by atoms with E-state index in [1.807, 2.05) is 4.90 Å². The van der Waals surface area contributed by atoms with Crippen molar-refractivity contribution in [3.63, 3.8) is 0 Å². The van der Waals surface area contributed by atoms with Gasteiger partial charge in [-0.1, -0.05) is 0 Å². The SMILES string of the molecule is C[C@H]1C(=O)N2CCC[C@@H]2c2nnc(-c3ccc(F)c(F)c3)n21. The summed E-state index contributed by atoms with van der Waals surface area (Å²) in [4.78, 5) is 14.3.